The molecule has 0 rings (SSSR count). The van der Waals surface area contributed by atoms with E-state index in [0.717, 1.165) is 77.3 Å². The van der Waals surface area contributed by atoms with Crippen LogP contribution in [0.25, 0.3) is 0 Å². The quantitative estimate of drug-likeness (QED) is 0.0155. The predicted molar refractivity (Wildman–Crippen MR) is 250 cm³/mol. The molecule has 0 radical (unpaired) electrons. The highest BCUT2D eigenvalue weighted by Crippen LogP contribution is 2.26. The average Bonchev–Trinajstić information content (AvgIpc) is 3.25. The lowest BCUT2D eigenvalue weighted by Gasteiger charge is -2.41. The molecule has 26 heteroatoms. The van der Waals surface area contributed by atoms with E-state index in [9.17, 15) is 69.6 Å². The number of aliphatic hydroxyl groups excluding tert-OH is 6. The third kappa shape index (κ3) is 30.2. The number of quaternary nitrogens is 1. The number of aliphatic hydroxyl groups is 6. The van der Waals surface area contributed by atoms with Gasteiger partial charge in [0.15, 0.2) is 0 Å². The highest BCUT2D eigenvalue weighted by atomic mass is 32.2. The number of nitrogens with zero attached hydrogens (tertiary/aromatic N) is 1. The molecule has 0 bridgehead atoms. The van der Waals surface area contributed by atoms with Crippen molar-refractivity contribution in [1.29, 1.82) is 0 Å². The molecule has 0 unspecified atom stereocenters. The summed E-state index contributed by atoms with van der Waals surface area (Å²) in [4.78, 5) is 0. The first-order chi connectivity index (χ1) is 30.9. The molecule has 66 heavy (non-hydrogen) atoms. The number of hydrogen-bond acceptors (Lipinski definition) is 20. The third-order valence-electron chi connectivity index (χ3n) is 11.9. The van der Waals surface area contributed by atoms with Crippen molar-refractivity contribution in [2.75, 3.05) is 123 Å². The lowest BCUT2D eigenvalue weighted by Crippen LogP contribution is -2.64. The zero-order valence-electron chi connectivity index (χ0n) is 39.8. The Labute approximate surface area is 396 Å². The minimum absolute atomic E-state index is 0.0589. The highest BCUT2D eigenvalue weighted by molar-refractivity contribution is 7.86. The van der Waals surface area contributed by atoms with E-state index in [0.29, 0.717) is 17.4 Å². The fourth-order valence-electron chi connectivity index (χ4n) is 7.24. The van der Waals surface area contributed by atoms with Crippen LogP contribution in [0, 0.1) is 0 Å². The zero-order chi connectivity index (χ0) is 50.3. The number of nitrogens with one attached hydrogen (secondary N) is 3. The molecule has 0 atom stereocenters. The lowest BCUT2D eigenvalue weighted by molar-refractivity contribution is -0.910. The van der Waals surface area contributed by atoms with Gasteiger partial charge in [-0.15, -0.1) is 0 Å². The smallest absolute Gasteiger partial charge is 0.501 e. The first-order valence-electron chi connectivity index (χ1n) is 23.4. The molecule has 398 valence electrons. The van der Waals surface area contributed by atoms with Crippen molar-refractivity contribution in [3.8, 4) is 0 Å². The molecule has 0 heterocycles. The summed E-state index contributed by atoms with van der Waals surface area (Å²) in [6.45, 7) is -2.03. The van der Waals surface area contributed by atoms with Gasteiger partial charge in [0.1, 0.15) is 0 Å². The number of hydrogen-bond donors (Lipinski definition) is 10. The largest absolute Gasteiger partial charge is 0.748 e. The van der Waals surface area contributed by atoms with Crippen LogP contribution in [0.4, 0.5) is 0 Å². The Balaban J connectivity index is 7.24. The fraction of sp³-hybridized carbons (Fsp3) is 1.00. The van der Waals surface area contributed by atoms with E-state index >= 15 is 0 Å². The van der Waals surface area contributed by atoms with E-state index in [2.05, 4.69) is 36.8 Å². The Morgan fingerprint density at radius 2 is 0.773 bits per heavy atom. The predicted octanol–water partition coefficient (Wildman–Crippen LogP) is -0.770. The Kier molecular flexibility index (Phi) is 33.6. The van der Waals surface area contributed by atoms with Crippen LogP contribution in [0.5, 0.6) is 0 Å². The monoisotopic (exact) mass is 1040 g/mol. The summed E-state index contributed by atoms with van der Waals surface area (Å²) in [5.74, 6) is -2.63. The second-order valence-corrected chi connectivity index (χ2v) is 25.4. The summed E-state index contributed by atoms with van der Waals surface area (Å²) in [6.07, 6.45) is 15.9. The van der Waals surface area contributed by atoms with E-state index in [1.54, 1.807) is 0 Å². The average molecular weight is 1040 g/mol. The molecular weight excluding hydrogens is 949 g/mol. The normalized spacial score (nSPS) is 13.8. The van der Waals surface area contributed by atoms with Gasteiger partial charge in [0.05, 0.1) is 140 Å². The van der Waals surface area contributed by atoms with Crippen LogP contribution in [0.1, 0.15) is 110 Å². The minimum Gasteiger partial charge on any atom is -0.748 e. The van der Waals surface area contributed by atoms with Gasteiger partial charge in [0.2, 0.25) is 0 Å². The Hall–Kier alpha value is -0.573. The molecule has 0 aromatic heterocycles. The van der Waals surface area contributed by atoms with Gasteiger partial charge in [-0.2, -0.15) is 8.42 Å². The summed E-state index contributed by atoms with van der Waals surface area (Å²) in [7, 11) is -16.3. The Morgan fingerprint density at radius 1 is 0.485 bits per heavy atom. The SMILES string of the molecule is CCCCCCCCC[N+](C)(CCCCCCCCC)CCC[Si](OCC(CO)(CO)NCCS(=O)(=O)[O-])(OCC(CO)(CO)NCCS(=O)(=O)[O-])OCC(CO)(CO)NCCS(=O)(=O)O. The van der Waals surface area contributed by atoms with Crippen LogP contribution in [0.3, 0.4) is 0 Å². The van der Waals surface area contributed by atoms with Gasteiger partial charge in [-0.3, -0.25) is 4.55 Å². The number of rotatable bonds is 47. The van der Waals surface area contributed by atoms with Crippen LogP contribution in [0.15, 0.2) is 0 Å². The maximum atomic E-state index is 11.5. The van der Waals surface area contributed by atoms with E-state index in [1.807, 2.05) is 0 Å². The fourth-order valence-corrected chi connectivity index (χ4v) is 11.1. The van der Waals surface area contributed by atoms with Crippen LogP contribution >= 0.6 is 0 Å². The van der Waals surface area contributed by atoms with Crippen LogP contribution < -0.4 is 16.0 Å². The van der Waals surface area contributed by atoms with Crippen LogP contribution in [-0.4, -0.2) is 222 Å². The molecular formula is C40H87N4O18S3Si-. The second kappa shape index (κ2) is 33.9. The molecule has 22 nitrogen and oxygen atoms in total. The van der Waals surface area contributed by atoms with Gasteiger partial charge in [-0.1, -0.05) is 78.1 Å². The maximum absolute atomic E-state index is 11.5. The first kappa shape index (κ1) is 65.4. The van der Waals surface area contributed by atoms with Gasteiger partial charge in [0.25, 0.3) is 10.1 Å². The van der Waals surface area contributed by atoms with Crippen molar-refractivity contribution in [3.05, 3.63) is 0 Å². The third-order valence-corrected chi connectivity index (χ3v) is 16.7. The summed E-state index contributed by atoms with van der Waals surface area (Å²) in [6, 6.07) is -0.0589. The van der Waals surface area contributed by atoms with E-state index in [1.165, 1.54) is 25.7 Å². The van der Waals surface area contributed by atoms with Gasteiger partial charge in [-0.05, 0) is 25.7 Å². The number of unbranched alkanes of at least 4 members (excludes halogenated alkanes) is 12. The topological polar surface area (TPSA) is 354 Å². The standard InChI is InChI=1S/C40H88N4O18S3Si/c1-4-6-8-10-12-14-16-22-44(3,23-17-15-13-11-9-7-5-2)24-18-28-66(60-35-38(29-45,30-46)41-19-25-63(51,52)53,61-36-39(31-47,32-48)42-20-26-64(54,55)56)62-37-40(33-49,34-50)43-21-27-65(57,58)59/h41-43,45-50H,4-37H2,1-3H3,(H2-,51,52,53,54,55,56,57,58,59)/p-1. The first-order valence-corrected chi connectivity index (χ1v) is 30.1. The molecule has 0 aromatic rings. The molecule has 0 fully saturated rings. The van der Waals surface area contributed by atoms with Gasteiger partial charge in [0, 0.05) is 32.1 Å². The van der Waals surface area contributed by atoms with E-state index in [-0.39, 0.29) is 6.04 Å². The molecule has 0 aliphatic rings. The molecule has 0 aliphatic heterocycles. The molecule has 0 saturated heterocycles. The second-order valence-electron chi connectivity index (χ2n) is 18.1. The Bertz CT molecular complexity index is 1410. The van der Waals surface area contributed by atoms with Crippen LogP contribution in [0.2, 0.25) is 6.04 Å². The maximum Gasteiger partial charge on any atom is 0.501 e. The molecule has 10 N–H and O–H groups in total. The van der Waals surface area contributed by atoms with Crippen molar-refractivity contribution in [1.82, 2.24) is 16.0 Å². The van der Waals surface area contributed by atoms with Crippen molar-refractivity contribution >= 4 is 39.2 Å². The summed E-state index contributed by atoms with van der Waals surface area (Å²) in [5.41, 5.74) is -5.44. The summed E-state index contributed by atoms with van der Waals surface area (Å²) in [5, 5.41) is 71.1. The van der Waals surface area contributed by atoms with Gasteiger partial charge >= 0.3 is 8.80 Å². The van der Waals surface area contributed by atoms with Gasteiger partial charge in [-0.25, -0.2) is 16.8 Å². The van der Waals surface area contributed by atoms with Crippen molar-refractivity contribution in [2.45, 2.75) is 133 Å². The molecule has 0 saturated carbocycles. The van der Waals surface area contributed by atoms with Crippen molar-refractivity contribution in [3.63, 3.8) is 0 Å². The van der Waals surface area contributed by atoms with E-state index < -0.39 is 152 Å². The van der Waals surface area contributed by atoms with E-state index in [4.69, 9.17) is 13.3 Å². The minimum atomic E-state index is -4.73. The summed E-state index contributed by atoms with van der Waals surface area (Å²) < 4.78 is 121. The Morgan fingerprint density at radius 3 is 1.06 bits per heavy atom. The molecule has 0 aromatic carbocycles. The molecule has 0 aliphatic carbocycles. The molecule has 0 amide bonds. The zero-order valence-corrected chi connectivity index (χ0v) is 43.3. The van der Waals surface area contributed by atoms with Crippen LogP contribution in [-0.2, 0) is 43.6 Å². The van der Waals surface area contributed by atoms with Gasteiger partial charge < -0.3 is 73.5 Å². The molecule has 0 spiro atoms. The van der Waals surface area contributed by atoms with Crippen molar-refractivity contribution in [2.24, 2.45) is 0 Å². The lowest BCUT2D eigenvalue weighted by atomic mass is 10.0. The van der Waals surface area contributed by atoms with Crippen molar-refractivity contribution < 1.29 is 87.3 Å². The summed E-state index contributed by atoms with van der Waals surface area (Å²) >= 11 is 0. The highest BCUT2D eigenvalue weighted by Gasteiger charge is 2.48.